The van der Waals surface area contributed by atoms with E-state index < -0.39 is 0 Å². The summed E-state index contributed by atoms with van der Waals surface area (Å²) in [5.41, 5.74) is 20.1. The van der Waals surface area contributed by atoms with E-state index in [0.717, 1.165) is 58.3 Å². The number of ether oxygens (including phenoxy) is 1. The van der Waals surface area contributed by atoms with Crippen LogP contribution in [-0.2, 0) is 12.0 Å². The number of anilines is 6. The van der Waals surface area contributed by atoms with Crippen LogP contribution in [0.5, 0.6) is 5.75 Å². The van der Waals surface area contributed by atoms with E-state index in [1.165, 1.54) is 74.9 Å². The monoisotopic (exact) mass is 838 g/mol. The molecule has 1 aliphatic carbocycles. The molecule has 0 aliphatic heterocycles. The fourth-order valence-corrected chi connectivity index (χ4v) is 9.69. The lowest BCUT2D eigenvalue weighted by Crippen LogP contribution is -2.30. The van der Waals surface area contributed by atoms with Gasteiger partial charge in [-0.25, -0.2) is 0 Å². The first-order valence-electron chi connectivity index (χ1n) is 22.7. The molecule has 9 rings (SSSR count). The van der Waals surface area contributed by atoms with E-state index in [1.807, 2.05) is 24.3 Å². The first-order valence-corrected chi connectivity index (χ1v) is 22.7. The highest BCUT2D eigenvalue weighted by atomic mass is 16.5. The van der Waals surface area contributed by atoms with Crippen LogP contribution in [0.15, 0.2) is 182 Å². The zero-order chi connectivity index (χ0) is 44.2. The van der Waals surface area contributed by atoms with Crippen molar-refractivity contribution in [3.05, 3.63) is 221 Å². The molecule has 0 atom stereocenters. The molecule has 0 bridgehead atoms. The second-order valence-electron chi connectivity index (χ2n) is 17.6. The second-order valence-corrected chi connectivity index (χ2v) is 17.6. The van der Waals surface area contributed by atoms with E-state index in [1.54, 1.807) is 7.11 Å². The average Bonchev–Trinajstić information content (AvgIpc) is 3.35. The van der Waals surface area contributed by atoms with Crippen LogP contribution in [0.2, 0.25) is 0 Å². The van der Waals surface area contributed by atoms with Gasteiger partial charge in [0.15, 0.2) is 0 Å². The Hall–Kier alpha value is -6.88. The summed E-state index contributed by atoms with van der Waals surface area (Å²) in [6.07, 6.45) is 5.88. The van der Waals surface area contributed by atoms with Gasteiger partial charge >= 0.3 is 0 Å². The third-order valence-electron chi connectivity index (χ3n) is 13.7. The maximum Gasteiger partial charge on any atom is 0.119 e. The number of benzene rings is 8. The van der Waals surface area contributed by atoms with Gasteiger partial charge in [-0.1, -0.05) is 122 Å². The molecule has 64 heavy (non-hydrogen) atoms. The van der Waals surface area contributed by atoms with Crippen LogP contribution in [0.3, 0.4) is 0 Å². The number of hydrogen-bond acceptors (Lipinski definition) is 4. The van der Waals surface area contributed by atoms with Crippen molar-refractivity contribution in [1.82, 2.24) is 0 Å². The minimum absolute atomic E-state index is 0.0178. The molecule has 1 fully saturated rings. The van der Waals surface area contributed by atoms with Gasteiger partial charge in [-0.05, 0) is 181 Å². The molecule has 0 spiro atoms. The third kappa shape index (κ3) is 8.59. The number of nitrogens with zero attached hydrogens (tertiary/aromatic N) is 2. The van der Waals surface area contributed by atoms with Crippen molar-refractivity contribution in [3.63, 3.8) is 0 Å². The van der Waals surface area contributed by atoms with Crippen molar-refractivity contribution in [1.29, 1.82) is 0 Å². The first-order chi connectivity index (χ1) is 31.2. The molecule has 0 aromatic heterocycles. The topological polar surface area (TPSA) is 35.9 Å². The highest BCUT2D eigenvalue weighted by molar-refractivity contribution is 5.80. The molecule has 4 nitrogen and oxygen atoms in total. The molecule has 4 heteroatoms. The van der Waals surface area contributed by atoms with Crippen LogP contribution in [-0.4, -0.2) is 12.2 Å². The van der Waals surface area contributed by atoms with Crippen molar-refractivity contribution in [2.75, 3.05) is 16.9 Å². The van der Waals surface area contributed by atoms with Crippen molar-refractivity contribution < 1.29 is 9.84 Å². The van der Waals surface area contributed by atoms with Crippen LogP contribution in [0, 0.1) is 27.7 Å². The summed E-state index contributed by atoms with van der Waals surface area (Å²) in [6.45, 7) is 8.74. The Balaban J connectivity index is 1.05. The highest BCUT2D eigenvalue weighted by Crippen LogP contribution is 2.47. The smallest absolute Gasteiger partial charge is 0.119 e. The molecular formula is C60H58N2O2. The number of aliphatic hydroxyl groups excluding tert-OH is 1. The molecule has 0 heterocycles. The van der Waals surface area contributed by atoms with E-state index in [-0.39, 0.29) is 12.0 Å². The third-order valence-corrected chi connectivity index (χ3v) is 13.7. The molecule has 0 radical (unpaired) electrons. The Labute approximate surface area is 380 Å². The van der Waals surface area contributed by atoms with Crippen molar-refractivity contribution in [2.24, 2.45) is 0 Å². The van der Waals surface area contributed by atoms with Gasteiger partial charge in [-0.15, -0.1) is 0 Å². The van der Waals surface area contributed by atoms with E-state index in [9.17, 15) is 5.11 Å². The molecule has 1 N–H and O–H groups in total. The van der Waals surface area contributed by atoms with Gasteiger partial charge in [0.25, 0.3) is 0 Å². The number of rotatable bonds is 12. The lowest BCUT2D eigenvalue weighted by Gasteiger charge is -2.39. The Bertz CT molecular complexity index is 2780. The minimum Gasteiger partial charge on any atom is -0.497 e. The van der Waals surface area contributed by atoms with Crippen molar-refractivity contribution in [3.8, 4) is 28.0 Å². The van der Waals surface area contributed by atoms with Gasteiger partial charge < -0.3 is 19.6 Å². The van der Waals surface area contributed by atoms with E-state index >= 15 is 0 Å². The molecule has 320 valence electrons. The summed E-state index contributed by atoms with van der Waals surface area (Å²) in [4.78, 5) is 4.66. The summed E-state index contributed by atoms with van der Waals surface area (Å²) in [5.74, 6) is 0.837. The Morgan fingerprint density at radius 3 is 1.20 bits per heavy atom. The summed E-state index contributed by atoms with van der Waals surface area (Å²) < 4.78 is 5.56. The van der Waals surface area contributed by atoms with Gasteiger partial charge in [-0.3, -0.25) is 0 Å². The maximum absolute atomic E-state index is 9.84. The normalized spacial score (nSPS) is 13.3. The molecule has 1 saturated carbocycles. The average molecular weight is 839 g/mol. The summed E-state index contributed by atoms with van der Waals surface area (Å²) in [6, 6.07) is 66.4. The van der Waals surface area contributed by atoms with Gasteiger partial charge in [-0.2, -0.15) is 0 Å². The lowest BCUT2D eigenvalue weighted by atomic mass is 9.65. The maximum atomic E-state index is 9.84. The van der Waals surface area contributed by atoms with Gasteiger partial charge in [0.2, 0.25) is 0 Å². The predicted octanol–water partition coefficient (Wildman–Crippen LogP) is 15.9. The van der Waals surface area contributed by atoms with Crippen LogP contribution < -0.4 is 14.5 Å². The first kappa shape index (κ1) is 42.4. The molecular weight excluding hydrogens is 781 g/mol. The number of hydrogen-bond donors (Lipinski definition) is 1. The SMILES string of the molecule is COc1ccc(N(c2ccc(-c3cc(C)c(C)c(C)c3)cc2)c2ccc(C3(c4ccc(N(c5ccc(CO)cc5)c5ccc(-c6ccc(C)cc6)cc5)cc4)CCCCC3)cc2)cc1. The zero-order valence-electron chi connectivity index (χ0n) is 37.8. The fraction of sp³-hybridized carbons (Fsp3) is 0.200. The van der Waals surface area contributed by atoms with Gasteiger partial charge in [0, 0.05) is 39.5 Å². The number of aliphatic hydroxyl groups is 1. The van der Waals surface area contributed by atoms with Crippen LogP contribution >= 0.6 is 0 Å². The Morgan fingerprint density at radius 2 is 0.797 bits per heavy atom. The van der Waals surface area contributed by atoms with Gasteiger partial charge in [0.05, 0.1) is 13.7 Å². The summed E-state index contributed by atoms with van der Waals surface area (Å²) in [5, 5.41) is 9.84. The number of aryl methyl sites for hydroxylation is 3. The lowest BCUT2D eigenvalue weighted by molar-refractivity contribution is 0.282. The second kappa shape index (κ2) is 18.5. The molecule has 0 amide bonds. The fourth-order valence-electron chi connectivity index (χ4n) is 9.69. The quantitative estimate of drug-likeness (QED) is 0.133. The minimum atomic E-state index is -0.0878. The summed E-state index contributed by atoms with van der Waals surface area (Å²) in [7, 11) is 1.71. The largest absolute Gasteiger partial charge is 0.497 e. The van der Waals surface area contributed by atoms with E-state index in [0.29, 0.717) is 0 Å². The Morgan fingerprint density at radius 1 is 0.438 bits per heavy atom. The molecule has 1 aliphatic rings. The highest BCUT2D eigenvalue weighted by Gasteiger charge is 2.36. The van der Waals surface area contributed by atoms with Crippen molar-refractivity contribution >= 4 is 34.1 Å². The van der Waals surface area contributed by atoms with Gasteiger partial charge in [0.1, 0.15) is 5.75 Å². The van der Waals surface area contributed by atoms with Crippen LogP contribution in [0.4, 0.5) is 34.1 Å². The van der Waals surface area contributed by atoms with Crippen molar-refractivity contribution in [2.45, 2.75) is 71.8 Å². The zero-order valence-corrected chi connectivity index (χ0v) is 37.8. The molecule has 0 saturated heterocycles. The van der Waals surface area contributed by atoms with E-state index in [4.69, 9.17) is 4.74 Å². The predicted molar refractivity (Wildman–Crippen MR) is 268 cm³/mol. The Kier molecular flexibility index (Phi) is 12.2. The molecule has 8 aromatic rings. The van der Waals surface area contributed by atoms with Crippen LogP contribution in [0.1, 0.15) is 71.0 Å². The summed E-state index contributed by atoms with van der Waals surface area (Å²) >= 11 is 0. The van der Waals surface area contributed by atoms with Crippen LogP contribution in [0.25, 0.3) is 22.3 Å². The molecule has 0 unspecified atom stereocenters. The molecule has 8 aromatic carbocycles. The van der Waals surface area contributed by atoms with E-state index in [2.05, 4.69) is 195 Å². The number of methoxy groups -OCH3 is 1. The standard InChI is InChI=1S/C60H58N2O2/c1-42-9-13-47(14-10-42)48-15-25-54(26-16-48)61(53-23-11-46(41-63)12-24-53)56-29-19-51(20-30-56)60(37-7-6-8-38-60)52-21-31-57(32-22-52)62(58-33-35-59(64-5)36-34-58)55-27-17-49(18-28-55)50-39-43(2)45(4)44(3)40-50/h9-36,39-40,63H,6-8,37-38,41H2,1-5H3.